The number of carbonyl (C=O) groups excluding carboxylic acids is 1. The van der Waals surface area contributed by atoms with Crippen molar-refractivity contribution in [3.63, 3.8) is 0 Å². The van der Waals surface area contributed by atoms with E-state index in [0.29, 0.717) is 26.1 Å². The van der Waals surface area contributed by atoms with Crippen molar-refractivity contribution < 1.29 is 14.7 Å². The van der Waals surface area contributed by atoms with Crippen LogP contribution in [-0.4, -0.2) is 53.1 Å². The Labute approximate surface area is 126 Å². The smallest absolute Gasteiger partial charge is 0.320 e. The molecule has 21 heavy (non-hydrogen) atoms. The van der Waals surface area contributed by atoms with E-state index >= 15 is 0 Å². The number of hydrogen-bond acceptors (Lipinski definition) is 3. The molecule has 0 aliphatic carbocycles. The number of carbonyl (C=O) groups is 2. The average Bonchev–Trinajstić information content (AvgIpc) is 2.47. The first kappa shape index (κ1) is 17.3. The molecule has 0 bridgehead atoms. The summed E-state index contributed by atoms with van der Waals surface area (Å²) in [6, 6.07) is 2.03. The first-order chi connectivity index (χ1) is 9.99. The summed E-state index contributed by atoms with van der Waals surface area (Å²) in [6.45, 7) is 6.24. The van der Waals surface area contributed by atoms with E-state index in [1.165, 1.54) is 0 Å². The van der Waals surface area contributed by atoms with Crippen LogP contribution in [-0.2, 0) is 4.79 Å². The second kappa shape index (κ2) is 8.50. The first-order valence-electron chi connectivity index (χ1n) is 7.62. The number of urea groups is 1. The third-order valence-corrected chi connectivity index (χ3v) is 4.18. The van der Waals surface area contributed by atoms with Crippen molar-refractivity contribution in [2.75, 3.05) is 26.2 Å². The van der Waals surface area contributed by atoms with Crippen LogP contribution in [0.25, 0.3) is 0 Å². The molecule has 0 radical (unpaired) electrons. The van der Waals surface area contributed by atoms with Gasteiger partial charge in [-0.05, 0) is 31.6 Å². The molecule has 0 saturated carbocycles. The Hall–Kier alpha value is -1.77. The third kappa shape index (κ3) is 5.25. The van der Waals surface area contributed by atoms with Crippen LogP contribution in [0.1, 0.15) is 39.5 Å². The molecule has 1 rings (SSSR count). The van der Waals surface area contributed by atoms with Gasteiger partial charge < -0.3 is 14.9 Å². The van der Waals surface area contributed by atoms with E-state index in [1.54, 1.807) is 4.90 Å². The summed E-state index contributed by atoms with van der Waals surface area (Å²) in [6.07, 6.45) is 2.38. The molecule has 1 fully saturated rings. The minimum atomic E-state index is -0.782. The predicted octanol–water partition coefficient (Wildman–Crippen LogP) is 2.16. The monoisotopic (exact) mass is 295 g/mol. The molecule has 1 aliphatic rings. The van der Waals surface area contributed by atoms with Crippen molar-refractivity contribution in [1.82, 2.24) is 9.80 Å². The van der Waals surface area contributed by atoms with Gasteiger partial charge in [-0.1, -0.05) is 6.92 Å². The molecule has 2 amide bonds. The molecular weight excluding hydrogens is 270 g/mol. The SMILES string of the molecule is CCN(CCC#N)C(=O)N1CCCC(C(C)CC(=O)O)C1. The molecule has 1 N–H and O–H groups in total. The van der Waals surface area contributed by atoms with Crippen molar-refractivity contribution in [2.45, 2.75) is 39.5 Å². The molecule has 0 spiro atoms. The van der Waals surface area contributed by atoms with Gasteiger partial charge in [-0.25, -0.2) is 4.79 Å². The minimum Gasteiger partial charge on any atom is -0.481 e. The van der Waals surface area contributed by atoms with E-state index in [2.05, 4.69) is 6.07 Å². The summed E-state index contributed by atoms with van der Waals surface area (Å²) in [5.74, 6) is -0.462. The van der Waals surface area contributed by atoms with Gasteiger partial charge in [-0.15, -0.1) is 0 Å². The average molecular weight is 295 g/mol. The summed E-state index contributed by atoms with van der Waals surface area (Å²) < 4.78 is 0. The molecular formula is C15H25N3O3. The second-order valence-electron chi connectivity index (χ2n) is 5.69. The molecule has 118 valence electrons. The number of nitriles is 1. The van der Waals surface area contributed by atoms with Gasteiger partial charge in [0.05, 0.1) is 12.5 Å². The van der Waals surface area contributed by atoms with Gasteiger partial charge in [0, 0.05) is 32.6 Å². The number of amides is 2. The minimum absolute atomic E-state index is 0.0278. The Balaban J connectivity index is 2.60. The van der Waals surface area contributed by atoms with Crippen molar-refractivity contribution >= 4 is 12.0 Å². The predicted molar refractivity (Wildman–Crippen MR) is 78.6 cm³/mol. The third-order valence-electron chi connectivity index (χ3n) is 4.18. The Kier molecular flexibility index (Phi) is 7.00. The fourth-order valence-electron chi connectivity index (χ4n) is 2.86. The lowest BCUT2D eigenvalue weighted by Gasteiger charge is -2.38. The van der Waals surface area contributed by atoms with Crippen molar-refractivity contribution in [1.29, 1.82) is 5.26 Å². The van der Waals surface area contributed by atoms with Gasteiger partial charge in [0.1, 0.15) is 0 Å². The van der Waals surface area contributed by atoms with E-state index < -0.39 is 5.97 Å². The Bertz CT molecular complexity index is 405. The lowest BCUT2D eigenvalue weighted by molar-refractivity contribution is -0.138. The van der Waals surface area contributed by atoms with Crippen LogP contribution >= 0.6 is 0 Å². The Morgan fingerprint density at radius 3 is 2.81 bits per heavy atom. The lowest BCUT2D eigenvalue weighted by Crippen LogP contribution is -2.48. The number of carboxylic acids is 1. The van der Waals surface area contributed by atoms with Crippen molar-refractivity contribution in [3.8, 4) is 6.07 Å². The molecule has 0 aromatic rings. The van der Waals surface area contributed by atoms with Crippen LogP contribution in [0.5, 0.6) is 0 Å². The van der Waals surface area contributed by atoms with Crippen LogP contribution in [0.2, 0.25) is 0 Å². The van der Waals surface area contributed by atoms with Crippen LogP contribution in [0, 0.1) is 23.2 Å². The molecule has 6 heteroatoms. The van der Waals surface area contributed by atoms with Crippen LogP contribution < -0.4 is 0 Å². The van der Waals surface area contributed by atoms with E-state index in [0.717, 1.165) is 19.4 Å². The molecule has 1 saturated heterocycles. The van der Waals surface area contributed by atoms with Gasteiger partial charge >= 0.3 is 12.0 Å². The zero-order chi connectivity index (χ0) is 15.8. The summed E-state index contributed by atoms with van der Waals surface area (Å²) in [4.78, 5) is 26.8. The highest BCUT2D eigenvalue weighted by Crippen LogP contribution is 2.26. The highest BCUT2D eigenvalue weighted by molar-refractivity contribution is 5.74. The first-order valence-corrected chi connectivity index (χ1v) is 7.62. The number of hydrogen-bond donors (Lipinski definition) is 1. The summed E-state index contributed by atoms with van der Waals surface area (Å²) >= 11 is 0. The quantitative estimate of drug-likeness (QED) is 0.813. The molecule has 0 aromatic heterocycles. The molecule has 6 nitrogen and oxygen atoms in total. The highest BCUT2D eigenvalue weighted by atomic mass is 16.4. The topological polar surface area (TPSA) is 84.6 Å². The van der Waals surface area contributed by atoms with Crippen LogP contribution in [0.15, 0.2) is 0 Å². The lowest BCUT2D eigenvalue weighted by atomic mass is 9.85. The number of rotatable bonds is 6. The number of aliphatic carboxylic acids is 1. The molecule has 2 unspecified atom stereocenters. The van der Waals surface area contributed by atoms with Gasteiger partial charge in [0.15, 0.2) is 0 Å². The maximum atomic E-state index is 12.5. The maximum absolute atomic E-state index is 12.5. The fraction of sp³-hybridized carbons (Fsp3) is 0.800. The number of carboxylic acid groups (broad SMARTS) is 1. The zero-order valence-corrected chi connectivity index (χ0v) is 12.9. The molecule has 1 aliphatic heterocycles. The van der Waals surface area contributed by atoms with Gasteiger partial charge in [-0.2, -0.15) is 5.26 Å². The van der Waals surface area contributed by atoms with E-state index in [1.807, 2.05) is 18.7 Å². The summed E-state index contributed by atoms with van der Waals surface area (Å²) in [7, 11) is 0. The van der Waals surface area contributed by atoms with E-state index in [4.69, 9.17) is 10.4 Å². The van der Waals surface area contributed by atoms with Crippen LogP contribution in [0.3, 0.4) is 0 Å². The number of nitrogens with zero attached hydrogens (tertiary/aromatic N) is 3. The van der Waals surface area contributed by atoms with Crippen molar-refractivity contribution in [3.05, 3.63) is 0 Å². The maximum Gasteiger partial charge on any atom is 0.320 e. The Morgan fingerprint density at radius 1 is 1.52 bits per heavy atom. The number of likely N-dealkylation sites (tertiary alicyclic amines) is 1. The largest absolute Gasteiger partial charge is 0.481 e. The Morgan fingerprint density at radius 2 is 2.24 bits per heavy atom. The van der Waals surface area contributed by atoms with Crippen LogP contribution in [0.4, 0.5) is 4.79 Å². The zero-order valence-electron chi connectivity index (χ0n) is 12.9. The van der Waals surface area contributed by atoms with Crippen molar-refractivity contribution in [2.24, 2.45) is 11.8 Å². The second-order valence-corrected chi connectivity index (χ2v) is 5.69. The molecule has 1 heterocycles. The summed E-state index contributed by atoms with van der Waals surface area (Å²) in [5, 5.41) is 17.5. The van der Waals surface area contributed by atoms with Gasteiger partial charge in [0.25, 0.3) is 0 Å². The molecule has 0 aromatic carbocycles. The van der Waals surface area contributed by atoms with Gasteiger partial charge in [-0.3, -0.25) is 4.79 Å². The van der Waals surface area contributed by atoms with E-state index in [-0.39, 0.29) is 24.3 Å². The standard InChI is InChI=1S/C15H25N3O3/c1-3-17(9-5-7-16)15(21)18-8-4-6-13(11-18)12(2)10-14(19)20/h12-13H,3-6,8-11H2,1-2H3,(H,19,20). The van der Waals surface area contributed by atoms with Gasteiger partial charge in [0.2, 0.25) is 0 Å². The highest BCUT2D eigenvalue weighted by Gasteiger charge is 2.30. The summed E-state index contributed by atoms with van der Waals surface area (Å²) in [5.41, 5.74) is 0. The van der Waals surface area contributed by atoms with E-state index in [9.17, 15) is 9.59 Å². The molecule has 2 atom stereocenters. The fourth-order valence-corrected chi connectivity index (χ4v) is 2.86. The number of piperidine rings is 1. The normalized spacial score (nSPS) is 19.7.